The monoisotopic (exact) mass is 500 g/mol. The van der Waals surface area contributed by atoms with Gasteiger partial charge in [-0.2, -0.15) is 0 Å². The summed E-state index contributed by atoms with van der Waals surface area (Å²) in [7, 11) is 1.85. The van der Waals surface area contributed by atoms with Crippen LogP contribution in [0.5, 0.6) is 0 Å². The van der Waals surface area contributed by atoms with E-state index in [4.69, 9.17) is 4.74 Å². The minimum Gasteiger partial charge on any atom is -0.379 e. The lowest BCUT2D eigenvalue weighted by atomic mass is 9.89. The molecule has 1 aliphatic carbocycles. The molecule has 1 saturated heterocycles. The van der Waals surface area contributed by atoms with E-state index in [0.29, 0.717) is 5.92 Å². The fourth-order valence-corrected chi connectivity index (χ4v) is 4.07. The summed E-state index contributed by atoms with van der Waals surface area (Å²) in [5.41, 5.74) is 4.42. The molecule has 5 nitrogen and oxygen atoms in total. The van der Waals surface area contributed by atoms with Crippen LogP contribution in [0.3, 0.4) is 0 Å². The topological polar surface area (TPSA) is 48.9 Å². The average Bonchev–Trinajstić information content (AvgIpc) is 2.71. The van der Waals surface area contributed by atoms with Gasteiger partial charge < -0.3 is 15.4 Å². The van der Waals surface area contributed by atoms with Gasteiger partial charge in [0.25, 0.3) is 0 Å². The maximum Gasteiger partial charge on any atom is 0.191 e. The highest BCUT2D eigenvalue weighted by molar-refractivity contribution is 14.0. The predicted molar refractivity (Wildman–Crippen MR) is 128 cm³/mol. The number of aryl methyl sites for hydroxylation is 2. The molecule has 1 aromatic rings. The standard InChI is InChI=1S/C22H36N4O.HI/c1-17(16-26-10-12-27-13-11-26)15-24-22(23-3)25-18(2)20-9-8-19-6-4-5-7-21(19)14-20;/h8-9,14,17-18H,4-7,10-13,15-16H2,1-3H3,(H2,23,24,25);1H. The summed E-state index contributed by atoms with van der Waals surface area (Å²) < 4.78 is 5.43. The molecule has 2 aliphatic rings. The molecule has 2 N–H and O–H groups in total. The van der Waals surface area contributed by atoms with Crippen molar-refractivity contribution in [3.05, 3.63) is 34.9 Å². The number of benzene rings is 1. The van der Waals surface area contributed by atoms with Gasteiger partial charge in [-0.3, -0.25) is 9.89 Å². The zero-order valence-corrected chi connectivity index (χ0v) is 20.0. The van der Waals surface area contributed by atoms with Crippen molar-refractivity contribution in [3.8, 4) is 0 Å². The Bertz CT molecular complexity index is 631. The summed E-state index contributed by atoms with van der Waals surface area (Å²) in [4.78, 5) is 6.91. The molecule has 0 radical (unpaired) electrons. The van der Waals surface area contributed by atoms with E-state index >= 15 is 0 Å². The number of aliphatic imine (C=N–C) groups is 1. The molecule has 3 rings (SSSR count). The number of morpholine rings is 1. The van der Waals surface area contributed by atoms with Crippen LogP contribution in [0.15, 0.2) is 23.2 Å². The van der Waals surface area contributed by atoms with Crippen LogP contribution in [-0.4, -0.2) is 57.3 Å². The van der Waals surface area contributed by atoms with Crippen LogP contribution in [0.1, 0.15) is 49.4 Å². The first-order valence-corrected chi connectivity index (χ1v) is 10.5. The summed E-state index contributed by atoms with van der Waals surface area (Å²) >= 11 is 0. The molecule has 0 aromatic heterocycles. The lowest BCUT2D eigenvalue weighted by Gasteiger charge is -2.29. The van der Waals surface area contributed by atoms with Gasteiger partial charge in [0, 0.05) is 33.2 Å². The third-order valence-electron chi connectivity index (χ3n) is 5.74. The Morgan fingerprint density at radius 1 is 1.14 bits per heavy atom. The molecular formula is C22H37IN4O. The smallest absolute Gasteiger partial charge is 0.191 e. The maximum absolute atomic E-state index is 5.43. The first-order chi connectivity index (χ1) is 13.2. The van der Waals surface area contributed by atoms with Gasteiger partial charge in [0.2, 0.25) is 0 Å². The van der Waals surface area contributed by atoms with Crippen molar-refractivity contribution in [1.82, 2.24) is 15.5 Å². The fraction of sp³-hybridized carbons (Fsp3) is 0.682. The second-order valence-electron chi connectivity index (χ2n) is 8.07. The van der Waals surface area contributed by atoms with Crippen LogP contribution >= 0.6 is 24.0 Å². The van der Waals surface area contributed by atoms with Crippen molar-refractivity contribution in [3.63, 3.8) is 0 Å². The number of nitrogens with zero attached hydrogens (tertiary/aromatic N) is 2. The number of halogens is 1. The number of hydrogen-bond acceptors (Lipinski definition) is 3. The van der Waals surface area contributed by atoms with Crippen molar-refractivity contribution in [2.45, 2.75) is 45.6 Å². The highest BCUT2D eigenvalue weighted by atomic mass is 127. The summed E-state index contributed by atoms with van der Waals surface area (Å²) in [5, 5.41) is 7.06. The molecule has 1 aromatic carbocycles. The summed E-state index contributed by atoms with van der Waals surface area (Å²) in [6, 6.07) is 7.23. The number of ether oxygens (including phenoxy) is 1. The summed E-state index contributed by atoms with van der Waals surface area (Å²) in [5.74, 6) is 1.45. The molecule has 2 unspecified atom stereocenters. The van der Waals surface area contributed by atoms with Gasteiger partial charge in [-0.1, -0.05) is 25.1 Å². The van der Waals surface area contributed by atoms with Gasteiger partial charge >= 0.3 is 0 Å². The van der Waals surface area contributed by atoms with E-state index in [2.05, 4.69) is 52.6 Å². The maximum atomic E-state index is 5.43. The third-order valence-corrected chi connectivity index (χ3v) is 5.74. The summed E-state index contributed by atoms with van der Waals surface area (Å²) in [6.45, 7) is 10.4. The molecule has 158 valence electrons. The fourth-order valence-electron chi connectivity index (χ4n) is 4.07. The quantitative estimate of drug-likeness (QED) is 0.357. The molecule has 1 heterocycles. The van der Waals surface area contributed by atoms with Gasteiger partial charge in [0.1, 0.15) is 0 Å². The Morgan fingerprint density at radius 2 is 1.86 bits per heavy atom. The van der Waals surface area contributed by atoms with E-state index in [1.165, 1.54) is 42.4 Å². The number of rotatable bonds is 6. The SMILES string of the molecule is CN=C(NCC(C)CN1CCOCC1)NC(C)c1ccc2c(c1)CCCC2.I. The first kappa shape index (κ1) is 23.4. The van der Waals surface area contributed by atoms with E-state index in [1.54, 1.807) is 0 Å². The molecule has 28 heavy (non-hydrogen) atoms. The highest BCUT2D eigenvalue weighted by Crippen LogP contribution is 2.24. The zero-order valence-electron chi connectivity index (χ0n) is 17.7. The molecule has 0 amide bonds. The van der Waals surface area contributed by atoms with Gasteiger partial charge in [-0.15, -0.1) is 24.0 Å². The molecule has 0 bridgehead atoms. The highest BCUT2D eigenvalue weighted by Gasteiger charge is 2.16. The van der Waals surface area contributed by atoms with Crippen LogP contribution in [-0.2, 0) is 17.6 Å². The molecule has 2 atom stereocenters. The van der Waals surface area contributed by atoms with Crippen LogP contribution in [0.25, 0.3) is 0 Å². The molecular weight excluding hydrogens is 463 g/mol. The lowest BCUT2D eigenvalue weighted by molar-refractivity contribution is 0.0320. The molecule has 1 aliphatic heterocycles. The third kappa shape index (κ3) is 6.88. The minimum absolute atomic E-state index is 0. The van der Waals surface area contributed by atoms with E-state index in [9.17, 15) is 0 Å². The van der Waals surface area contributed by atoms with Gasteiger partial charge in [0.15, 0.2) is 5.96 Å². The Hall–Kier alpha value is -0.860. The second kappa shape index (κ2) is 12.0. The van der Waals surface area contributed by atoms with E-state index < -0.39 is 0 Å². The Balaban J connectivity index is 0.00000280. The largest absolute Gasteiger partial charge is 0.379 e. The van der Waals surface area contributed by atoms with Crippen LogP contribution < -0.4 is 10.6 Å². The Morgan fingerprint density at radius 3 is 2.57 bits per heavy atom. The van der Waals surface area contributed by atoms with Crippen LogP contribution in [0.4, 0.5) is 0 Å². The number of guanidine groups is 1. The van der Waals surface area contributed by atoms with Crippen molar-refractivity contribution < 1.29 is 4.74 Å². The molecule has 0 saturated carbocycles. The number of nitrogens with one attached hydrogen (secondary N) is 2. The van der Waals surface area contributed by atoms with Gasteiger partial charge in [-0.05, 0) is 55.2 Å². The first-order valence-electron chi connectivity index (χ1n) is 10.5. The number of hydrogen-bond donors (Lipinski definition) is 2. The van der Waals surface area contributed by atoms with E-state index in [1.807, 2.05) is 7.05 Å². The number of fused-ring (bicyclic) bond motifs is 1. The Labute approximate surface area is 187 Å². The molecule has 1 fully saturated rings. The normalized spacial score (nSPS) is 19.9. The van der Waals surface area contributed by atoms with E-state index in [-0.39, 0.29) is 30.0 Å². The predicted octanol–water partition coefficient (Wildman–Crippen LogP) is 3.38. The zero-order chi connectivity index (χ0) is 19.1. The van der Waals surface area contributed by atoms with Crippen LogP contribution in [0.2, 0.25) is 0 Å². The average molecular weight is 500 g/mol. The van der Waals surface area contributed by atoms with Crippen molar-refractivity contribution in [2.24, 2.45) is 10.9 Å². The van der Waals surface area contributed by atoms with Crippen molar-refractivity contribution >= 4 is 29.9 Å². The lowest BCUT2D eigenvalue weighted by Crippen LogP contribution is -2.44. The molecule has 0 spiro atoms. The van der Waals surface area contributed by atoms with E-state index in [0.717, 1.165) is 45.4 Å². The minimum atomic E-state index is 0. The summed E-state index contributed by atoms with van der Waals surface area (Å²) in [6.07, 6.45) is 5.12. The van der Waals surface area contributed by atoms with Crippen molar-refractivity contribution in [2.75, 3.05) is 46.4 Å². The van der Waals surface area contributed by atoms with Gasteiger partial charge in [-0.25, -0.2) is 0 Å². The Kier molecular flexibility index (Phi) is 10.0. The van der Waals surface area contributed by atoms with Gasteiger partial charge in [0.05, 0.1) is 19.3 Å². The molecule has 6 heteroatoms. The van der Waals surface area contributed by atoms with Crippen LogP contribution in [0, 0.1) is 5.92 Å². The van der Waals surface area contributed by atoms with Crippen molar-refractivity contribution in [1.29, 1.82) is 0 Å². The second-order valence-corrected chi connectivity index (χ2v) is 8.07.